The molecule has 0 aliphatic rings. The first-order valence-electron chi connectivity index (χ1n) is 5.81. The van der Waals surface area contributed by atoms with Crippen LogP contribution in [0, 0.1) is 6.92 Å². The summed E-state index contributed by atoms with van der Waals surface area (Å²) in [5.74, 6) is 0.680. The maximum Gasteiger partial charge on any atom is 0.338 e. The Morgan fingerprint density at radius 2 is 2.18 bits per heavy atom. The minimum atomic E-state index is -0.282. The highest BCUT2D eigenvalue weighted by molar-refractivity contribution is 5.93. The molecule has 0 fully saturated rings. The molecular formula is C13H16N2O2. The van der Waals surface area contributed by atoms with Crippen LogP contribution in [0.2, 0.25) is 0 Å². The largest absolute Gasteiger partial charge is 0.462 e. The van der Waals surface area contributed by atoms with Gasteiger partial charge in [-0.2, -0.15) is 0 Å². The quantitative estimate of drug-likeness (QED) is 0.764. The van der Waals surface area contributed by atoms with Crippen LogP contribution in [-0.2, 0) is 11.3 Å². The van der Waals surface area contributed by atoms with Crippen molar-refractivity contribution in [3.63, 3.8) is 0 Å². The zero-order valence-corrected chi connectivity index (χ0v) is 10.4. The Morgan fingerprint density at radius 3 is 2.82 bits per heavy atom. The maximum absolute atomic E-state index is 11.6. The Kier molecular flexibility index (Phi) is 3.13. The van der Waals surface area contributed by atoms with E-state index in [9.17, 15) is 4.79 Å². The van der Waals surface area contributed by atoms with Crippen LogP contribution < -0.4 is 0 Å². The smallest absolute Gasteiger partial charge is 0.338 e. The molecule has 4 nitrogen and oxygen atoms in total. The van der Waals surface area contributed by atoms with Gasteiger partial charge in [0.2, 0.25) is 0 Å². The summed E-state index contributed by atoms with van der Waals surface area (Å²) in [4.78, 5) is 16.1. The minimum Gasteiger partial charge on any atom is -0.462 e. The number of hydrogen-bond donors (Lipinski definition) is 0. The highest BCUT2D eigenvalue weighted by Crippen LogP contribution is 2.18. The van der Waals surface area contributed by atoms with Gasteiger partial charge in [-0.25, -0.2) is 9.78 Å². The van der Waals surface area contributed by atoms with E-state index in [0.717, 1.165) is 23.4 Å². The number of hydrogen-bond acceptors (Lipinski definition) is 3. The first kappa shape index (κ1) is 11.6. The number of esters is 1. The monoisotopic (exact) mass is 232 g/mol. The lowest BCUT2D eigenvalue weighted by Gasteiger charge is -2.04. The molecule has 2 aromatic rings. The predicted molar refractivity (Wildman–Crippen MR) is 66.1 cm³/mol. The second-order valence-corrected chi connectivity index (χ2v) is 3.83. The summed E-state index contributed by atoms with van der Waals surface area (Å²) in [5, 5.41) is 0. The summed E-state index contributed by atoms with van der Waals surface area (Å²) >= 11 is 0. The van der Waals surface area contributed by atoms with Crippen LogP contribution in [0.3, 0.4) is 0 Å². The minimum absolute atomic E-state index is 0.282. The Balaban J connectivity index is 2.52. The highest BCUT2D eigenvalue weighted by atomic mass is 16.5. The number of fused-ring (bicyclic) bond motifs is 1. The number of carbonyl (C=O) groups is 1. The summed E-state index contributed by atoms with van der Waals surface area (Å²) in [6, 6.07) is 5.46. The molecule has 1 heterocycles. The number of aryl methyl sites for hydroxylation is 2. The molecule has 0 atom stereocenters. The van der Waals surface area contributed by atoms with Gasteiger partial charge in [0.15, 0.2) is 0 Å². The molecule has 0 unspecified atom stereocenters. The number of aromatic nitrogens is 2. The summed E-state index contributed by atoms with van der Waals surface area (Å²) < 4.78 is 7.07. The van der Waals surface area contributed by atoms with Crippen molar-refractivity contribution in [1.82, 2.24) is 9.55 Å². The number of carbonyl (C=O) groups excluding carboxylic acids is 1. The molecule has 1 aromatic carbocycles. The third kappa shape index (κ3) is 2.02. The molecule has 17 heavy (non-hydrogen) atoms. The normalized spacial score (nSPS) is 10.8. The standard InChI is InChI=1S/C13H16N2O2/c1-4-15-9(3)14-11-7-6-10(8-12(11)15)13(16)17-5-2/h6-8H,4-5H2,1-3H3. The lowest BCUT2D eigenvalue weighted by Crippen LogP contribution is -2.05. The van der Waals surface area contributed by atoms with Crippen molar-refractivity contribution in [3.05, 3.63) is 29.6 Å². The van der Waals surface area contributed by atoms with E-state index in [2.05, 4.69) is 16.5 Å². The molecule has 0 N–H and O–H groups in total. The Bertz CT molecular complexity index is 558. The lowest BCUT2D eigenvalue weighted by atomic mass is 10.2. The number of rotatable bonds is 3. The van der Waals surface area contributed by atoms with Gasteiger partial charge < -0.3 is 9.30 Å². The van der Waals surface area contributed by atoms with Gasteiger partial charge in [-0.15, -0.1) is 0 Å². The van der Waals surface area contributed by atoms with Crippen molar-refractivity contribution >= 4 is 17.0 Å². The maximum atomic E-state index is 11.6. The zero-order valence-electron chi connectivity index (χ0n) is 10.4. The van der Waals surface area contributed by atoms with Crippen LogP contribution in [0.15, 0.2) is 18.2 Å². The van der Waals surface area contributed by atoms with Crippen LogP contribution in [0.4, 0.5) is 0 Å². The number of imidazole rings is 1. The highest BCUT2D eigenvalue weighted by Gasteiger charge is 2.11. The molecule has 0 spiro atoms. The topological polar surface area (TPSA) is 44.1 Å². The van der Waals surface area contributed by atoms with Crippen molar-refractivity contribution in [3.8, 4) is 0 Å². The number of benzene rings is 1. The van der Waals surface area contributed by atoms with Gasteiger partial charge in [-0.05, 0) is 39.0 Å². The van der Waals surface area contributed by atoms with E-state index in [0.29, 0.717) is 12.2 Å². The molecule has 0 aliphatic heterocycles. The third-order valence-corrected chi connectivity index (χ3v) is 2.77. The summed E-state index contributed by atoms with van der Waals surface area (Å²) in [7, 11) is 0. The number of ether oxygens (including phenoxy) is 1. The summed E-state index contributed by atoms with van der Waals surface area (Å²) in [6.45, 7) is 7.06. The Morgan fingerprint density at radius 1 is 1.41 bits per heavy atom. The van der Waals surface area contributed by atoms with Gasteiger partial charge in [-0.1, -0.05) is 0 Å². The van der Waals surface area contributed by atoms with E-state index < -0.39 is 0 Å². The van der Waals surface area contributed by atoms with E-state index in [1.807, 2.05) is 19.1 Å². The molecule has 1 aromatic heterocycles. The fourth-order valence-corrected chi connectivity index (χ4v) is 1.98. The summed E-state index contributed by atoms with van der Waals surface area (Å²) in [6.07, 6.45) is 0. The van der Waals surface area contributed by atoms with Crippen LogP contribution in [0.1, 0.15) is 30.0 Å². The van der Waals surface area contributed by atoms with Crippen molar-refractivity contribution in [2.24, 2.45) is 0 Å². The third-order valence-electron chi connectivity index (χ3n) is 2.77. The van der Waals surface area contributed by atoms with Crippen molar-refractivity contribution in [2.75, 3.05) is 6.61 Å². The van der Waals surface area contributed by atoms with Gasteiger partial charge in [0.1, 0.15) is 5.82 Å². The molecule has 0 saturated heterocycles. The molecule has 90 valence electrons. The predicted octanol–water partition coefficient (Wildman–Crippen LogP) is 2.54. The molecule has 0 bridgehead atoms. The zero-order chi connectivity index (χ0) is 12.4. The van der Waals surface area contributed by atoms with E-state index in [4.69, 9.17) is 4.74 Å². The van der Waals surface area contributed by atoms with E-state index in [1.54, 1.807) is 13.0 Å². The van der Waals surface area contributed by atoms with Gasteiger partial charge in [0, 0.05) is 6.54 Å². The summed E-state index contributed by atoms with van der Waals surface area (Å²) in [5.41, 5.74) is 2.47. The van der Waals surface area contributed by atoms with Crippen LogP contribution in [0.5, 0.6) is 0 Å². The van der Waals surface area contributed by atoms with Gasteiger partial charge in [0.05, 0.1) is 23.2 Å². The van der Waals surface area contributed by atoms with E-state index in [1.165, 1.54) is 0 Å². The first-order chi connectivity index (χ1) is 8.17. The van der Waals surface area contributed by atoms with Crippen molar-refractivity contribution in [1.29, 1.82) is 0 Å². The average molecular weight is 232 g/mol. The molecule has 0 amide bonds. The van der Waals surface area contributed by atoms with Crippen LogP contribution in [-0.4, -0.2) is 22.1 Å². The second-order valence-electron chi connectivity index (χ2n) is 3.83. The van der Waals surface area contributed by atoms with E-state index in [-0.39, 0.29) is 5.97 Å². The molecule has 0 aliphatic carbocycles. The van der Waals surface area contributed by atoms with Crippen molar-refractivity contribution in [2.45, 2.75) is 27.3 Å². The molecule has 0 saturated carbocycles. The van der Waals surface area contributed by atoms with Gasteiger partial charge >= 0.3 is 5.97 Å². The fraction of sp³-hybridized carbons (Fsp3) is 0.385. The second kappa shape index (κ2) is 4.57. The SMILES string of the molecule is CCOC(=O)c1ccc2nc(C)n(CC)c2c1. The Labute approximate surface area is 100 Å². The molecule has 0 radical (unpaired) electrons. The molecule has 2 rings (SSSR count). The van der Waals surface area contributed by atoms with E-state index >= 15 is 0 Å². The van der Waals surface area contributed by atoms with Crippen LogP contribution in [0.25, 0.3) is 11.0 Å². The lowest BCUT2D eigenvalue weighted by molar-refractivity contribution is 0.0526. The Hall–Kier alpha value is -1.84. The van der Waals surface area contributed by atoms with Crippen molar-refractivity contribution < 1.29 is 9.53 Å². The molecular weight excluding hydrogens is 216 g/mol. The first-order valence-corrected chi connectivity index (χ1v) is 5.81. The van der Waals surface area contributed by atoms with Gasteiger partial charge in [0.25, 0.3) is 0 Å². The number of nitrogens with zero attached hydrogens (tertiary/aromatic N) is 2. The fourth-order valence-electron chi connectivity index (χ4n) is 1.98. The van der Waals surface area contributed by atoms with Gasteiger partial charge in [-0.3, -0.25) is 0 Å². The average Bonchev–Trinajstić information content (AvgIpc) is 2.63. The van der Waals surface area contributed by atoms with Crippen LogP contribution >= 0.6 is 0 Å². The molecule has 4 heteroatoms.